The summed E-state index contributed by atoms with van der Waals surface area (Å²) < 4.78 is 1.70. The third kappa shape index (κ3) is 1.12. The molecule has 1 fully saturated rings. The zero-order chi connectivity index (χ0) is 12.1. The standard InChI is InChI=1S/C12H11N5O/c18-12-8-4-1-2-5-9(8)17-11(13-14-15-17)10-6-3-7-16(10)12/h1-2,4-5,10H,3,6-7H2/t10-/m0/s1. The zero-order valence-corrected chi connectivity index (χ0v) is 9.65. The van der Waals surface area contributed by atoms with Gasteiger partial charge in [-0.2, -0.15) is 4.68 Å². The normalized spacial score (nSPS) is 21.2. The Morgan fingerprint density at radius 2 is 2.17 bits per heavy atom. The van der Waals surface area contributed by atoms with E-state index in [0.717, 1.165) is 30.9 Å². The first kappa shape index (κ1) is 9.76. The molecule has 2 aliphatic rings. The summed E-state index contributed by atoms with van der Waals surface area (Å²) in [5.74, 6) is 0.839. The second kappa shape index (κ2) is 3.38. The van der Waals surface area contributed by atoms with E-state index in [1.54, 1.807) is 4.68 Å². The number of hydrogen-bond donors (Lipinski definition) is 0. The van der Waals surface area contributed by atoms with Crippen LogP contribution in [0.4, 0.5) is 0 Å². The molecule has 1 aromatic carbocycles. The van der Waals surface area contributed by atoms with Crippen LogP contribution in [0, 0.1) is 0 Å². The molecule has 0 unspecified atom stereocenters. The highest BCUT2D eigenvalue weighted by atomic mass is 16.2. The summed E-state index contributed by atoms with van der Waals surface area (Å²) in [7, 11) is 0. The number of carbonyl (C=O) groups excluding carboxylic acids is 1. The van der Waals surface area contributed by atoms with Crippen molar-refractivity contribution in [3.8, 4) is 5.69 Å². The van der Waals surface area contributed by atoms with Crippen molar-refractivity contribution in [3.63, 3.8) is 0 Å². The van der Waals surface area contributed by atoms with Crippen LogP contribution in [0.15, 0.2) is 24.3 Å². The molecule has 2 aliphatic heterocycles. The lowest BCUT2D eigenvalue weighted by Crippen LogP contribution is -2.29. The van der Waals surface area contributed by atoms with Gasteiger partial charge in [0.05, 0.1) is 17.3 Å². The van der Waals surface area contributed by atoms with Crippen LogP contribution in [-0.2, 0) is 0 Å². The Labute approximate surface area is 103 Å². The SMILES string of the molecule is O=C1c2ccccc2-n2nnnc2[C@@H]2CCCN12. The van der Waals surface area contributed by atoms with E-state index in [1.165, 1.54) is 0 Å². The van der Waals surface area contributed by atoms with Crippen LogP contribution in [0.1, 0.15) is 35.1 Å². The van der Waals surface area contributed by atoms with Gasteiger partial charge < -0.3 is 4.90 Å². The molecule has 0 spiro atoms. The summed E-state index contributed by atoms with van der Waals surface area (Å²) in [6.45, 7) is 0.782. The third-order valence-corrected chi connectivity index (χ3v) is 3.67. The van der Waals surface area contributed by atoms with Crippen LogP contribution >= 0.6 is 0 Å². The molecule has 2 aromatic rings. The Balaban J connectivity index is 2.04. The van der Waals surface area contributed by atoms with Gasteiger partial charge in [0.1, 0.15) is 0 Å². The Morgan fingerprint density at radius 1 is 1.28 bits per heavy atom. The fraction of sp³-hybridized carbons (Fsp3) is 0.333. The van der Waals surface area contributed by atoms with Crippen LogP contribution in [0.5, 0.6) is 0 Å². The topological polar surface area (TPSA) is 63.9 Å². The Bertz CT molecular complexity index is 635. The molecular weight excluding hydrogens is 230 g/mol. The average molecular weight is 241 g/mol. The molecule has 1 amide bonds. The minimum atomic E-state index is 0.0138. The largest absolute Gasteiger partial charge is 0.328 e. The molecule has 0 saturated carbocycles. The molecule has 0 bridgehead atoms. The van der Waals surface area contributed by atoms with Gasteiger partial charge in [-0.3, -0.25) is 4.79 Å². The first-order valence-electron chi connectivity index (χ1n) is 6.05. The number of nitrogens with zero attached hydrogens (tertiary/aromatic N) is 5. The highest BCUT2D eigenvalue weighted by Crippen LogP contribution is 2.36. The van der Waals surface area contributed by atoms with Gasteiger partial charge in [-0.1, -0.05) is 12.1 Å². The molecule has 90 valence electrons. The monoisotopic (exact) mass is 241 g/mol. The van der Waals surface area contributed by atoms with E-state index in [4.69, 9.17) is 0 Å². The van der Waals surface area contributed by atoms with Crippen LogP contribution in [0.2, 0.25) is 0 Å². The van der Waals surface area contributed by atoms with Crippen molar-refractivity contribution in [2.45, 2.75) is 18.9 Å². The minimum Gasteiger partial charge on any atom is -0.328 e. The van der Waals surface area contributed by atoms with Crippen molar-refractivity contribution < 1.29 is 4.79 Å². The van der Waals surface area contributed by atoms with Gasteiger partial charge in [0.2, 0.25) is 0 Å². The third-order valence-electron chi connectivity index (χ3n) is 3.67. The van der Waals surface area contributed by atoms with E-state index >= 15 is 0 Å². The van der Waals surface area contributed by atoms with Gasteiger partial charge in [0, 0.05) is 6.54 Å². The van der Waals surface area contributed by atoms with Crippen LogP contribution < -0.4 is 0 Å². The van der Waals surface area contributed by atoms with Crippen molar-refractivity contribution in [1.29, 1.82) is 0 Å². The number of benzene rings is 1. The summed E-state index contributed by atoms with van der Waals surface area (Å²) in [5.41, 5.74) is 1.45. The van der Waals surface area contributed by atoms with Gasteiger partial charge >= 0.3 is 0 Å². The van der Waals surface area contributed by atoms with Crippen LogP contribution in [0.25, 0.3) is 5.69 Å². The zero-order valence-electron chi connectivity index (χ0n) is 9.65. The molecular formula is C12H11N5O. The van der Waals surface area contributed by atoms with E-state index < -0.39 is 0 Å². The Morgan fingerprint density at radius 3 is 3.11 bits per heavy atom. The highest BCUT2D eigenvalue weighted by molar-refractivity contribution is 5.98. The molecule has 6 heteroatoms. The number of aromatic nitrogens is 4. The second-order valence-corrected chi connectivity index (χ2v) is 4.62. The minimum absolute atomic E-state index is 0.0138. The molecule has 1 saturated heterocycles. The fourth-order valence-corrected chi connectivity index (χ4v) is 2.85. The van der Waals surface area contributed by atoms with Gasteiger partial charge in [0.25, 0.3) is 5.91 Å². The average Bonchev–Trinajstić information content (AvgIpc) is 3.04. The second-order valence-electron chi connectivity index (χ2n) is 4.62. The first-order valence-corrected chi connectivity index (χ1v) is 6.05. The maximum atomic E-state index is 12.5. The van der Waals surface area contributed by atoms with Crippen molar-refractivity contribution in [1.82, 2.24) is 25.1 Å². The van der Waals surface area contributed by atoms with Crippen molar-refractivity contribution in [2.75, 3.05) is 6.54 Å². The lowest BCUT2D eigenvalue weighted by molar-refractivity contribution is 0.0735. The first-order chi connectivity index (χ1) is 8.86. The molecule has 0 radical (unpaired) electrons. The molecule has 1 atom stereocenters. The molecule has 6 nitrogen and oxygen atoms in total. The molecule has 3 heterocycles. The number of tetrazole rings is 1. The van der Waals surface area contributed by atoms with Crippen molar-refractivity contribution >= 4 is 5.91 Å². The van der Waals surface area contributed by atoms with E-state index in [1.807, 2.05) is 29.2 Å². The number of rotatable bonds is 0. The maximum Gasteiger partial charge on any atom is 0.256 e. The van der Waals surface area contributed by atoms with Crippen LogP contribution in [0.3, 0.4) is 0 Å². The summed E-state index contributed by atoms with van der Waals surface area (Å²) in [6, 6.07) is 7.50. The summed E-state index contributed by atoms with van der Waals surface area (Å²) in [4.78, 5) is 14.4. The number of para-hydroxylation sites is 1. The van der Waals surface area contributed by atoms with Crippen LogP contribution in [-0.4, -0.2) is 37.6 Å². The summed E-state index contributed by atoms with van der Waals surface area (Å²) >= 11 is 0. The molecule has 18 heavy (non-hydrogen) atoms. The van der Waals surface area contributed by atoms with Crippen molar-refractivity contribution in [2.24, 2.45) is 0 Å². The van der Waals surface area contributed by atoms with Gasteiger partial charge in [-0.05, 0) is 35.4 Å². The Kier molecular flexibility index (Phi) is 1.83. The lowest BCUT2D eigenvalue weighted by Gasteiger charge is -2.20. The molecule has 0 aliphatic carbocycles. The highest BCUT2D eigenvalue weighted by Gasteiger charge is 2.38. The fourth-order valence-electron chi connectivity index (χ4n) is 2.85. The Hall–Kier alpha value is -2.24. The summed E-state index contributed by atoms with van der Waals surface area (Å²) in [6.07, 6.45) is 1.94. The van der Waals surface area contributed by atoms with E-state index in [9.17, 15) is 4.79 Å². The quantitative estimate of drug-likeness (QED) is 0.689. The lowest BCUT2D eigenvalue weighted by atomic mass is 10.1. The summed E-state index contributed by atoms with van der Waals surface area (Å²) in [5, 5.41) is 11.9. The molecule has 4 rings (SSSR count). The predicted octanol–water partition coefficient (Wildman–Crippen LogP) is 0.953. The van der Waals surface area contributed by atoms with Crippen molar-refractivity contribution in [3.05, 3.63) is 35.7 Å². The smallest absolute Gasteiger partial charge is 0.256 e. The number of amides is 1. The van der Waals surface area contributed by atoms with Gasteiger partial charge in [0.15, 0.2) is 5.82 Å². The number of fused-ring (bicyclic) bond motifs is 5. The molecule has 1 aromatic heterocycles. The number of hydrogen-bond acceptors (Lipinski definition) is 4. The van der Waals surface area contributed by atoms with Gasteiger partial charge in [-0.25, -0.2) is 0 Å². The van der Waals surface area contributed by atoms with E-state index in [-0.39, 0.29) is 11.9 Å². The predicted molar refractivity (Wildman–Crippen MR) is 62.2 cm³/mol. The molecule has 0 N–H and O–H groups in total. The maximum absolute atomic E-state index is 12.5. The van der Waals surface area contributed by atoms with E-state index in [0.29, 0.717) is 5.56 Å². The number of carbonyl (C=O) groups is 1. The van der Waals surface area contributed by atoms with Gasteiger partial charge in [-0.15, -0.1) is 5.10 Å². The van der Waals surface area contributed by atoms with E-state index in [2.05, 4.69) is 15.5 Å².